The van der Waals surface area contributed by atoms with Crippen LogP contribution in [0, 0.1) is 11.8 Å². The van der Waals surface area contributed by atoms with Gasteiger partial charge in [-0.05, 0) is 31.1 Å². The third kappa shape index (κ3) is 2.17. The van der Waals surface area contributed by atoms with E-state index in [2.05, 4.69) is 6.92 Å². The molecule has 0 spiro atoms. The van der Waals surface area contributed by atoms with E-state index in [9.17, 15) is 0 Å². The van der Waals surface area contributed by atoms with Crippen LogP contribution in [-0.4, -0.2) is 24.9 Å². The first-order valence-electron chi connectivity index (χ1n) is 4.41. The third-order valence-corrected chi connectivity index (χ3v) is 2.79. The van der Waals surface area contributed by atoms with Crippen molar-refractivity contribution >= 4 is 0 Å². The van der Waals surface area contributed by atoms with Gasteiger partial charge >= 0.3 is 0 Å². The van der Waals surface area contributed by atoms with E-state index < -0.39 is 0 Å². The van der Waals surface area contributed by atoms with Crippen LogP contribution in [0.4, 0.5) is 0 Å². The molecule has 0 aromatic carbocycles. The van der Waals surface area contributed by atoms with Crippen molar-refractivity contribution in [3.05, 3.63) is 0 Å². The van der Waals surface area contributed by atoms with E-state index >= 15 is 0 Å². The first-order valence-corrected chi connectivity index (χ1v) is 4.41. The van der Waals surface area contributed by atoms with Crippen molar-refractivity contribution in [3.8, 4) is 0 Å². The summed E-state index contributed by atoms with van der Waals surface area (Å²) in [6.07, 6.45) is 3.77. The van der Waals surface area contributed by atoms with Crippen molar-refractivity contribution in [1.82, 2.24) is 0 Å². The summed E-state index contributed by atoms with van der Waals surface area (Å²) in [6, 6.07) is 0. The summed E-state index contributed by atoms with van der Waals surface area (Å²) in [5, 5.41) is 8.94. The summed E-state index contributed by atoms with van der Waals surface area (Å²) in [6.45, 7) is 2.55. The summed E-state index contributed by atoms with van der Waals surface area (Å²) < 4.78 is 5.32. The largest absolute Gasteiger partial charge is 0.396 e. The van der Waals surface area contributed by atoms with Crippen LogP contribution >= 0.6 is 0 Å². The van der Waals surface area contributed by atoms with Crippen LogP contribution in [0.2, 0.25) is 0 Å². The van der Waals surface area contributed by atoms with E-state index in [0.717, 1.165) is 12.8 Å². The SMILES string of the molecule is COC1CC(CO)CCC1C. The molecule has 0 amide bonds. The van der Waals surface area contributed by atoms with Crippen molar-refractivity contribution in [3.63, 3.8) is 0 Å². The predicted molar refractivity (Wildman–Crippen MR) is 44.4 cm³/mol. The lowest BCUT2D eigenvalue weighted by atomic mass is 9.81. The topological polar surface area (TPSA) is 29.5 Å². The Labute approximate surface area is 68.6 Å². The second-order valence-corrected chi connectivity index (χ2v) is 3.61. The Balaban J connectivity index is 2.37. The Morgan fingerprint density at radius 3 is 2.73 bits per heavy atom. The lowest BCUT2D eigenvalue weighted by Gasteiger charge is -2.32. The van der Waals surface area contributed by atoms with Gasteiger partial charge in [-0.1, -0.05) is 6.92 Å². The highest BCUT2D eigenvalue weighted by atomic mass is 16.5. The second-order valence-electron chi connectivity index (χ2n) is 3.61. The maximum absolute atomic E-state index is 8.94. The van der Waals surface area contributed by atoms with Crippen LogP contribution in [0.15, 0.2) is 0 Å². The lowest BCUT2D eigenvalue weighted by Crippen LogP contribution is -2.30. The van der Waals surface area contributed by atoms with E-state index in [-0.39, 0.29) is 0 Å². The summed E-state index contributed by atoms with van der Waals surface area (Å²) in [5.41, 5.74) is 0. The fourth-order valence-electron chi connectivity index (χ4n) is 1.86. The summed E-state index contributed by atoms with van der Waals surface area (Å²) in [7, 11) is 1.76. The number of rotatable bonds is 2. The van der Waals surface area contributed by atoms with E-state index in [0.29, 0.717) is 24.5 Å². The molecule has 1 N–H and O–H groups in total. The van der Waals surface area contributed by atoms with Gasteiger partial charge < -0.3 is 9.84 Å². The summed E-state index contributed by atoms with van der Waals surface area (Å²) >= 11 is 0. The zero-order valence-corrected chi connectivity index (χ0v) is 7.42. The minimum atomic E-state index is 0.326. The molecule has 1 fully saturated rings. The number of methoxy groups -OCH3 is 1. The molecule has 3 unspecified atom stereocenters. The highest BCUT2D eigenvalue weighted by molar-refractivity contribution is 4.77. The lowest BCUT2D eigenvalue weighted by molar-refractivity contribution is 0.000410. The molecule has 1 aliphatic rings. The van der Waals surface area contributed by atoms with Crippen molar-refractivity contribution in [2.45, 2.75) is 32.3 Å². The summed E-state index contributed by atoms with van der Waals surface area (Å²) in [4.78, 5) is 0. The molecule has 0 aromatic rings. The Bertz CT molecular complexity index is 114. The maximum Gasteiger partial charge on any atom is 0.0600 e. The Morgan fingerprint density at radius 2 is 2.18 bits per heavy atom. The van der Waals surface area contributed by atoms with Gasteiger partial charge in [0.2, 0.25) is 0 Å². The Hall–Kier alpha value is -0.0800. The smallest absolute Gasteiger partial charge is 0.0600 e. The molecular weight excluding hydrogens is 140 g/mol. The Morgan fingerprint density at radius 1 is 1.45 bits per heavy atom. The van der Waals surface area contributed by atoms with Crippen molar-refractivity contribution in [2.24, 2.45) is 11.8 Å². The van der Waals surface area contributed by atoms with E-state index in [1.807, 2.05) is 0 Å². The van der Waals surface area contributed by atoms with Crippen molar-refractivity contribution in [2.75, 3.05) is 13.7 Å². The molecule has 3 atom stereocenters. The van der Waals surface area contributed by atoms with Crippen LogP contribution in [0.3, 0.4) is 0 Å². The Kier molecular flexibility index (Phi) is 3.34. The van der Waals surface area contributed by atoms with E-state index in [1.54, 1.807) is 7.11 Å². The molecular formula is C9H18O2. The molecule has 2 heteroatoms. The number of hydrogen-bond acceptors (Lipinski definition) is 2. The monoisotopic (exact) mass is 158 g/mol. The molecule has 0 saturated heterocycles. The van der Waals surface area contributed by atoms with Gasteiger partial charge in [0.05, 0.1) is 6.10 Å². The van der Waals surface area contributed by atoms with Gasteiger partial charge in [0.15, 0.2) is 0 Å². The fourth-order valence-corrected chi connectivity index (χ4v) is 1.86. The zero-order valence-electron chi connectivity index (χ0n) is 7.42. The van der Waals surface area contributed by atoms with Crippen molar-refractivity contribution < 1.29 is 9.84 Å². The van der Waals surface area contributed by atoms with Crippen LogP contribution in [0.1, 0.15) is 26.2 Å². The minimum absolute atomic E-state index is 0.326. The number of hydrogen-bond donors (Lipinski definition) is 1. The zero-order chi connectivity index (χ0) is 8.27. The fraction of sp³-hybridized carbons (Fsp3) is 1.00. The second kappa shape index (κ2) is 4.07. The van der Waals surface area contributed by atoms with Gasteiger partial charge in [-0.2, -0.15) is 0 Å². The van der Waals surface area contributed by atoms with Gasteiger partial charge in [-0.15, -0.1) is 0 Å². The van der Waals surface area contributed by atoms with Crippen LogP contribution in [-0.2, 0) is 4.74 Å². The maximum atomic E-state index is 8.94. The van der Waals surface area contributed by atoms with Crippen molar-refractivity contribution in [1.29, 1.82) is 0 Å². The third-order valence-electron chi connectivity index (χ3n) is 2.79. The molecule has 1 aliphatic carbocycles. The summed E-state index contributed by atoms with van der Waals surface area (Å²) in [5.74, 6) is 1.15. The standard InChI is InChI=1S/C9H18O2/c1-7-3-4-8(6-10)5-9(7)11-2/h7-10H,3-6H2,1-2H3. The highest BCUT2D eigenvalue weighted by Gasteiger charge is 2.26. The molecule has 2 nitrogen and oxygen atoms in total. The van der Waals surface area contributed by atoms with Gasteiger partial charge in [0.25, 0.3) is 0 Å². The van der Waals surface area contributed by atoms with Gasteiger partial charge in [-0.3, -0.25) is 0 Å². The predicted octanol–water partition coefficient (Wildman–Crippen LogP) is 1.43. The molecule has 66 valence electrons. The van der Waals surface area contributed by atoms with Gasteiger partial charge in [0, 0.05) is 13.7 Å². The molecule has 0 radical (unpaired) electrons. The molecule has 0 aromatic heterocycles. The number of aliphatic hydroxyl groups excluding tert-OH is 1. The normalized spacial score (nSPS) is 39.0. The van der Waals surface area contributed by atoms with E-state index in [1.165, 1.54) is 6.42 Å². The minimum Gasteiger partial charge on any atom is -0.396 e. The quantitative estimate of drug-likeness (QED) is 0.658. The molecule has 0 bridgehead atoms. The van der Waals surface area contributed by atoms with Crippen LogP contribution in [0.25, 0.3) is 0 Å². The number of aliphatic hydroxyl groups is 1. The first kappa shape index (κ1) is 9.01. The highest BCUT2D eigenvalue weighted by Crippen LogP contribution is 2.29. The van der Waals surface area contributed by atoms with Gasteiger partial charge in [0.1, 0.15) is 0 Å². The van der Waals surface area contributed by atoms with E-state index in [4.69, 9.17) is 9.84 Å². The molecule has 1 saturated carbocycles. The molecule has 11 heavy (non-hydrogen) atoms. The number of ether oxygens (including phenoxy) is 1. The average molecular weight is 158 g/mol. The average Bonchev–Trinajstić information content (AvgIpc) is 2.05. The molecule has 0 heterocycles. The van der Waals surface area contributed by atoms with Crippen LogP contribution < -0.4 is 0 Å². The van der Waals surface area contributed by atoms with Crippen LogP contribution in [0.5, 0.6) is 0 Å². The molecule has 0 aliphatic heterocycles. The first-order chi connectivity index (χ1) is 5.27. The molecule has 1 rings (SSSR count). The van der Waals surface area contributed by atoms with Gasteiger partial charge in [-0.25, -0.2) is 0 Å².